The van der Waals surface area contributed by atoms with Crippen molar-refractivity contribution in [2.45, 2.75) is 57.1 Å². The Morgan fingerprint density at radius 3 is 2.52 bits per heavy atom. The van der Waals surface area contributed by atoms with Gasteiger partial charge in [-0.15, -0.1) is 0 Å². The minimum Gasteiger partial charge on any atom is -0.460 e. The van der Waals surface area contributed by atoms with E-state index in [-0.39, 0.29) is 24.7 Å². The van der Waals surface area contributed by atoms with E-state index >= 15 is 0 Å². The number of nitrogens with two attached hydrogens (primary N) is 1. The molecule has 14 nitrogen and oxygen atoms in total. The lowest BCUT2D eigenvalue weighted by molar-refractivity contribution is -0.147. The number of nitrogens with zero attached hydrogens (tertiary/aromatic N) is 1. The zero-order chi connectivity index (χ0) is 34.6. The molecule has 1 fully saturated rings. The van der Waals surface area contributed by atoms with E-state index in [4.69, 9.17) is 24.3 Å². The molecule has 0 bridgehead atoms. The minimum atomic E-state index is -4.61. The number of ether oxygens (including phenoxy) is 2. The molecular weight excluding hydrogens is 711 g/mol. The van der Waals surface area contributed by atoms with Gasteiger partial charge < -0.3 is 24.2 Å². The highest BCUT2D eigenvalue weighted by Crippen LogP contribution is 2.50. The van der Waals surface area contributed by atoms with Gasteiger partial charge in [-0.1, -0.05) is 74.5 Å². The molecule has 6 N–H and O–H groups in total. The van der Waals surface area contributed by atoms with Crippen molar-refractivity contribution < 1.29 is 38.1 Å². The fraction of sp³-hybridized carbons (Fsp3) is 0.344. The van der Waals surface area contributed by atoms with Gasteiger partial charge in [0, 0.05) is 12.3 Å². The molecule has 0 spiro atoms. The predicted molar refractivity (Wildman–Crippen MR) is 179 cm³/mol. The van der Waals surface area contributed by atoms with Crippen LogP contribution in [0, 0.1) is 5.92 Å². The second-order valence-electron chi connectivity index (χ2n) is 11.8. The molecule has 2 heterocycles. The summed E-state index contributed by atoms with van der Waals surface area (Å²) in [5.74, 6) is -0.688. The second kappa shape index (κ2) is 14.8. The molecule has 0 saturated carbocycles. The highest BCUT2D eigenvalue weighted by molar-refractivity contribution is 9.10. The summed E-state index contributed by atoms with van der Waals surface area (Å²) in [4.78, 5) is 39.4. The van der Waals surface area contributed by atoms with Gasteiger partial charge in [0.25, 0.3) is 5.56 Å². The molecule has 1 aliphatic heterocycles. The number of fused-ring (bicyclic) bond motifs is 1. The van der Waals surface area contributed by atoms with E-state index in [9.17, 15) is 29.2 Å². The third-order valence-electron chi connectivity index (χ3n) is 7.62. The van der Waals surface area contributed by atoms with Crippen molar-refractivity contribution in [1.82, 2.24) is 14.6 Å². The van der Waals surface area contributed by atoms with Crippen LogP contribution in [0.3, 0.4) is 0 Å². The maximum absolute atomic E-state index is 14.6. The Morgan fingerprint density at radius 1 is 1.10 bits per heavy atom. The summed E-state index contributed by atoms with van der Waals surface area (Å²) in [7, 11) is -4.61. The van der Waals surface area contributed by atoms with Crippen molar-refractivity contribution in [2.75, 3.05) is 6.61 Å². The third kappa shape index (κ3) is 8.13. The fourth-order valence-corrected chi connectivity index (χ4v) is 7.41. The monoisotopic (exact) mass is 746 g/mol. The summed E-state index contributed by atoms with van der Waals surface area (Å²) >= 11 is 3.51. The Bertz CT molecular complexity index is 1920. The normalized spacial score (nSPS) is 22.8. The summed E-state index contributed by atoms with van der Waals surface area (Å²) in [6.07, 6.45) is -3.91. The molecule has 256 valence electrons. The molecule has 0 amide bonds. The standard InChI is InChI=1S/C32H36BrN4O10P/c1-19(2)16-23(30(41)44-17-20-8-4-3-5-9-20)36-48(43,47-24-13-12-21-10-6-7-11-22(21)26(24)33)45-18-32(34)28(40)27(39)29(46-32)37-15-14-25(38)35-31(37)42/h3-15,19,23,27-29,39-40H,16-18,34H2,1-2H3,(H,36,43)(H,35,38,42)/t23-,27+,28-,29+,32+,48?/m0/s1. The smallest absolute Gasteiger partial charge is 0.459 e. The number of carbonyl (C=O) groups is 1. The van der Waals surface area contributed by atoms with Gasteiger partial charge in [0.05, 0.1) is 4.47 Å². The van der Waals surface area contributed by atoms with E-state index in [2.05, 4.69) is 21.0 Å². The Kier molecular flexibility index (Phi) is 11.0. The van der Waals surface area contributed by atoms with Crippen LogP contribution in [0.15, 0.2) is 93.1 Å². The van der Waals surface area contributed by atoms with E-state index < -0.39 is 61.8 Å². The van der Waals surface area contributed by atoms with Crippen LogP contribution < -0.4 is 26.6 Å². The molecule has 0 radical (unpaired) electrons. The number of aliphatic hydroxyl groups is 2. The van der Waals surface area contributed by atoms with Crippen molar-refractivity contribution in [3.63, 3.8) is 0 Å². The number of esters is 1. The van der Waals surface area contributed by atoms with Gasteiger partial charge in [0.15, 0.2) is 12.0 Å². The van der Waals surface area contributed by atoms with Crippen molar-refractivity contribution in [3.8, 4) is 5.75 Å². The SMILES string of the molecule is CC(C)C[C@H](NP(=O)(OC[C@@]1(N)O[C@@H](n2ccc(=O)[nH]c2=O)[C@H](O)[C@@H]1O)Oc1ccc2ccccc2c1Br)C(=O)OCc1ccccc1. The van der Waals surface area contributed by atoms with E-state index in [0.717, 1.165) is 33.2 Å². The maximum atomic E-state index is 14.6. The van der Waals surface area contributed by atoms with Crippen molar-refractivity contribution in [3.05, 3.63) is 110 Å². The topological polar surface area (TPSA) is 204 Å². The van der Waals surface area contributed by atoms with E-state index in [1.54, 1.807) is 24.3 Å². The van der Waals surface area contributed by atoms with Gasteiger partial charge in [0.1, 0.15) is 37.2 Å². The molecule has 1 saturated heterocycles. The zero-order valence-electron chi connectivity index (χ0n) is 26.0. The van der Waals surface area contributed by atoms with Crippen molar-refractivity contribution >= 4 is 40.4 Å². The number of halogens is 1. The van der Waals surface area contributed by atoms with E-state index in [0.29, 0.717) is 4.47 Å². The first kappa shape index (κ1) is 35.6. The first-order chi connectivity index (χ1) is 22.8. The zero-order valence-corrected chi connectivity index (χ0v) is 28.5. The molecule has 5 rings (SSSR count). The molecule has 0 aliphatic carbocycles. The molecule has 3 aromatic carbocycles. The molecule has 48 heavy (non-hydrogen) atoms. The van der Waals surface area contributed by atoms with Crippen LogP contribution in [0.2, 0.25) is 0 Å². The third-order valence-corrected chi connectivity index (χ3v) is 9.97. The Hall–Kier alpha value is -3.66. The predicted octanol–water partition coefficient (Wildman–Crippen LogP) is 3.31. The van der Waals surface area contributed by atoms with E-state index in [1.807, 2.05) is 61.3 Å². The number of hydrogen-bond donors (Lipinski definition) is 5. The average Bonchev–Trinajstić information content (AvgIpc) is 3.28. The van der Waals surface area contributed by atoms with Crippen LogP contribution in [0.4, 0.5) is 0 Å². The van der Waals surface area contributed by atoms with E-state index in [1.165, 1.54) is 0 Å². The molecule has 16 heteroatoms. The van der Waals surface area contributed by atoms with Gasteiger partial charge in [-0.2, -0.15) is 5.09 Å². The van der Waals surface area contributed by atoms with Crippen LogP contribution in [0.25, 0.3) is 10.8 Å². The van der Waals surface area contributed by atoms with Crippen LogP contribution in [0.1, 0.15) is 32.1 Å². The largest absolute Gasteiger partial charge is 0.460 e. The molecular formula is C32H36BrN4O10P. The Morgan fingerprint density at radius 2 is 1.81 bits per heavy atom. The lowest BCUT2D eigenvalue weighted by Gasteiger charge is -2.31. The van der Waals surface area contributed by atoms with Crippen LogP contribution in [-0.4, -0.2) is 56.3 Å². The minimum absolute atomic E-state index is 0.0342. The average molecular weight is 748 g/mol. The number of benzene rings is 3. The molecule has 1 aliphatic rings. The fourth-order valence-electron chi connectivity index (χ4n) is 5.16. The van der Waals surface area contributed by atoms with Crippen molar-refractivity contribution in [1.29, 1.82) is 0 Å². The number of aliphatic hydroxyl groups excluding tert-OH is 2. The summed E-state index contributed by atoms with van der Waals surface area (Å²) in [6, 6.07) is 19.6. The number of hydrogen-bond acceptors (Lipinski definition) is 11. The van der Waals surface area contributed by atoms with Gasteiger partial charge >= 0.3 is 19.4 Å². The van der Waals surface area contributed by atoms with Gasteiger partial charge in [-0.3, -0.25) is 29.4 Å². The Balaban J connectivity index is 1.44. The highest BCUT2D eigenvalue weighted by Gasteiger charge is 2.54. The number of nitrogens with one attached hydrogen (secondary N) is 2. The van der Waals surface area contributed by atoms with Crippen LogP contribution >= 0.6 is 23.7 Å². The number of aromatic nitrogens is 2. The van der Waals surface area contributed by atoms with Gasteiger partial charge in [0.2, 0.25) is 0 Å². The highest BCUT2D eigenvalue weighted by atomic mass is 79.9. The quantitative estimate of drug-likeness (QED) is 0.0988. The van der Waals surface area contributed by atoms with Crippen molar-refractivity contribution in [2.24, 2.45) is 11.7 Å². The number of aromatic amines is 1. The maximum Gasteiger partial charge on any atom is 0.459 e. The van der Waals surface area contributed by atoms with Gasteiger partial charge in [-0.25, -0.2) is 9.36 Å². The van der Waals surface area contributed by atoms with Gasteiger partial charge in [-0.05, 0) is 50.7 Å². The van der Waals surface area contributed by atoms with Crippen LogP contribution in [0.5, 0.6) is 5.75 Å². The lowest BCUT2D eigenvalue weighted by atomic mass is 10.1. The lowest BCUT2D eigenvalue weighted by Crippen LogP contribution is -2.54. The molecule has 4 aromatic rings. The van der Waals surface area contributed by atoms with Crippen LogP contribution in [-0.2, 0) is 30.0 Å². The summed E-state index contributed by atoms with van der Waals surface area (Å²) < 4.78 is 39.0. The molecule has 1 aromatic heterocycles. The Labute approximate surface area is 283 Å². The summed E-state index contributed by atoms with van der Waals surface area (Å²) in [6.45, 7) is 2.85. The number of carbonyl (C=O) groups excluding carboxylic acids is 1. The second-order valence-corrected chi connectivity index (χ2v) is 14.3. The summed E-state index contributed by atoms with van der Waals surface area (Å²) in [5, 5.41) is 26.0. The number of H-pyrrole nitrogens is 1. The summed E-state index contributed by atoms with van der Waals surface area (Å²) in [5.41, 5.74) is 3.24. The number of rotatable bonds is 13. The molecule has 6 atom stereocenters. The first-order valence-corrected chi connectivity index (χ1v) is 17.4. The first-order valence-electron chi connectivity index (χ1n) is 15.0. The molecule has 1 unspecified atom stereocenters.